The number of rotatable bonds is 3. The largest absolute Gasteiger partial charge is 0.480 e. The molecule has 3 atom stereocenters. The zero-order valence-electron chi connectivity index (χ0n) is 14.2. The first-order valence-corrected chi connectivity index (χ1v) is 8.73. The number of carboxylic acids is 1. The highest BCUT2D eigenvalue weighted by atomic mass is 35.5. The van der Waals surface area contributed by atoms with Gasteiger partial charge in [-0.15, -0.1) is 5.10 Å². The van der Waals surface area contributed by atoms with E-state index in [1.165, 1.54) is 28.1 Å². The Kier molecular flexibility index (Phi) is 4.18. The Balaban J connectivity index is 1.83. The van der Waals surface area contributed by atoms with E-state index in [9.17, 15) is 19.1 Å². The molecule has 0 radical (unpaired) electrons. The van der Waals surface area contributed by atoms with Gasteiger partial charge < -0.3 is 10.0 Å². The van der Waals surface area contributed by atoms with Gasteiger partial charge in [-0.1, -0.05) is 18.5 Å². The summed E-state index contributed by atoms with van der Waals surface area (Å²) < 4.78 is 16.2. The second-order valence-corrected chi connectivity index (χ2v) is 7.17. The van der Waals surface area contributed by atoms with Crippen LogP contribution in [0.1, 0.15) is 25.3 Å². The number of tetrazole rings is 1. The van der Waals surface area contributed by atoms with E-state index in [0.29, 0.717) is 24.1 Å². The maximum absolute atomic E-state index is 14.9. The highest BCUT2D eigenvalue weighted by molar-refractivity contribution is 6.31. The van der Waals surface area contributed by atoms with Crippen LogP contribution in [0, 0.1) is 11.7 Å². The average Bonchev–Trinajstić information content (AvgIpc) is 3.26. The lowest BCUT2D eigenvalue weighted by Crippen LogP contribution is -2.46. The SMILES string of the molecule is C[C@H]1C[C@@H](C(=O)O)N2C(=O)C=C(c3c(-n4cnnn4)ccc(Cl)c3F)CC12. The molecular weight excluding hydrogens is 377 g/mol. The van der Waals surface area contributed by atoms with Crippen molar-refractivity contribution in [1.82, 2.24) is 25.1 Å². The molecule has 1 amide bonds. The second-order valence-electron chi connectivity index (χ2n) is 6.76. The molecule has 8 nitrogen and oxygen atoms in total. The van der Waals surface area contributed by atoms with Crippen LogP contribution in [0.25, 0.3) is 11.3 Å². The monoisotopic (exact) mass is 391 g/mol. The van der Waals surface area contributed by atoms with E-state index in [4.69, 9.17) is 11.6 Å². The lowest BCUT2D eigenvalue weighted by Gasteiger charge is -2.33. The van der Waals surface area contributed by atoms with E-state index in [-0.39, 0.29) is 22.5 Å². The zero-order valence-corrected chi connectivity index (χ0v) is 15.0. The lowest BCUT2D eigenvalue weighted by atomic mass is 9.88. The minimum Gasteiger partial charge on any atom is -0.480 e. The molecule has 140 valence electrons. The van der Waals surface area contributed by atoms with E-state index in [1.807, 2.05) is 6.92 Å². The molecule has 1 aromatic heterocycles. The Hall–Kier alpha value is -2.81. The number of carbonyl (C=O) groups is 2. The molecule has 10 heteroatoms. The fraction of sp³-hybridized carbons (Fsp3) is 0.353. The van der Waals surface area contributed by atoms with Crippen LogP contribution in [-0.2, 0) is 9.59 Å². The summed E-state index contributed by atoms with van der Waals surface area (Å²) in [5.41, 5.74) is 0.952. The van der Waals surface area contributed by atoms with E-state index < -0.39 is 23.7 Å². The predicted octanol–water partition coefficient (Wildman–Crippen LogP) is 1.93. The third kappa shape index (κ3) is 2.78. The van der Waals surface area contributed by atoms with E-state index in [0.717, 1.165) is 0 Å². The molecular formula is C17H15ClFN5O3. The van der Waals surface area contributed by atoms with Gasteiger partial charge in [-0.2, -0.15) is 4.68 Å². The molecule has 0 saturated carbocycles. The van der Waals surface area contributed by atoms with Crippen LogP contribution in [0.15, 0.2) is 24.5 Å². The number of nitrogens with zero attached hydrogens (tertiary/aromatic N) is 5. The van der Waals surface area contributed by atoms with Crippen LogP contribution in [0.4, 0.5) is 4.39 Å². The predicted molar refractivity (Wildman–Crippen MR) is 92.6 cm³/mol. The molecule has 1 N–H and O–H groups in total. The van der Waals surface area contributed by atoms with Crippen LogP contribution in [0.2, 0.25) is 5.02 Å². The molecule has 4 rings (SSSR count). The maximum atomic E-state index is 14.9. The average molecular weight is 392 g/mol. The molecule has 1 saturated heterocycles. The minimum absolute atomic E-state index is 0.0301. The fourth-order valence-corrected chi connectivity index (χ4v) is 4.11. The van der Waals surface area contributed by atoms with Crippen molar-refractivity contribution in [2.24, 2.45) is 5.92 Å². The van der Waals surface area contributed by atoms with Gasteiger partial charge in [-0.05, 0) is 46.9 Å². The molecule has 1 fully saturated rings. The third-order valence-corrected chi connectivity index (χ3v) is 5.49. The third-order valence-electron chi connectivity index (χ3n) is 5.20. The smallest absolute Gasteiger partial charge is 0.326 e. The van der Waals surface area contributed by atoms with Gasteiger partial charge in [0.2, 0.25) is 5.91 Å². The van der Waals surface area contributed by atoms with Crippen molar-refractivity contribution >= 4 is 29.1 Å². The van der Waals surface area contributed by atoms with Crippen LogP contribution in [-0.4, -0.2) is 54.2 Å². The van der Waals surface area contributed by atoms with Gasteiger partial charge in [0.1, 0.15) is 12.4 Å². The standard InChI is InChI=1S/C17H15ClFN5O3/c1-8-4-13(17(26)27)24-12(8)5-9(6-14(24)25)15-11(23-7-20-21-22-23)3-2-10(18)16(15)19/h2-3,6-8,12-13H,4-5H2,1H3,(H,26,27)/t8-,12?,13-/m0/s1. The Morgan fingerprint density at radius 1 is 1.41 bits per heavy atom. The molecule has 0 aliphatic carbocycles. The number of aliphatic carboxylic acids is 1. The molecule has 0 bridgehead atoms. The highest BCUT2D eigenvalue weighted by Gasteiger charge is 2.47. The van der Waals surface area contributed by atoms with Crippen LogP contribution in [0.3, 0.4) is 0 Å². The van der Waals surface area contributed by atoms with Gasteiger partial charge in [0.15, 0.2) is 5.82 Å². The van der Waals surface area contributed by atoms with E-state index >= 15 is 0 Å². The number of amides is 1. The summed E-state index contributed by atoms with van der Waals surface area (Å²) in [5.74, 6) is -2.17. The van der Waals surface area contributed by atoms with Crippen LogP contribution >= 0.6 is 11.6 Å². The van der Waals surface area contributed by atoms with Crippen LogP contribution < -0.4 is 0 Å². The number of benzene rings is 1. The Bertz CT molecular complexity index is 962. The summed E-state index contributed by atoms with van der Waals surface area (Å²) in [6, 6.07) is 1.79. The first-order valence-electron chi connectivity index (χ1n) is 8.36. The van der Waals surface area contributed by atoms with Crippen molar-refractivity contribution in [3.8, 4) is 5.69 Å². The fourth-order valence-electron chi connectivity index (χ4n) is 3.96. The zero-order chi connectivity index (χ0) is 19.3. The van der Waals surface area contributed by atoms with Gasteiger partial charge in [0.05, 0.1) is 10.7 Å². The molecule has 2 aliphatic heterocycles. The topological polar surface area (TPSA) is 101 Å². The summed E-state index contributed by atoms with van der Waals surface area (Å²) in [5, 5.41) is 20.2. The molecule has 2 aliphatic rings. The van der Waals surface area contributed by atoms with Crippen molar-refractivity contribution in [3.63, 3.8) is 0 Å². The van der Waals surface area contributed by atoms with E-state index in [1.54, 1.807) is 6.07 Å². The number of hydrogen-bond donors (Lipinski definition) is 1. The number of carbonyl (C=O) groups excluding carboxylic acids is 1. The Morgan fingerprint density at radius 3 is 2.85 bits per heavy atom. The summed E-state index contributed by atoms with van der Waals surface area (Å²) in [6.45, 7) is 1.90. The molecule has 1 unspecified atom stereocenters. The van der Waals surface area contributed by atoms with Gasteiger partial charge in [0, 0.05) is 17.7 Å². The number of aromatic nitrogens is 4. The highest BCUT2D eigenvalue weighted by Crippen LogP contribution is 2.41. The summed E-state index contributed by atoms with van der Waals surface area (Å²) >= 11 is 5.97. The van der Waals surface area contributed by atoms with Crippen molar-refractivity contribution in [1.29, 1.82) is 0 Å². The van der Waals surface area contributed by atoms with E-state index in [2.05, 4.69) is 15.5 Å². The number of halogens is 2. The number of carboxylic acid groups (broad SMARTS) is 1. The van der Waals surface area contributed by atoms with Crippen molar-refractivity contribution in [2.75, 3.05) is 0 Å². The van der Waals surface area contributed by atoms with Gasteiger partial charge >= 0.3 is 5.97 Å². The number of fused-ring (bicyclic) bond motifs is 1. The van der Waals surface area contributed by atoms with Gasteiger partial charge in [-0.3, -0.25) is 4.79 Å². The molecule has 3 heterocycles. The van der Waals surface area contributed by atoms with Crippen molar-refractivity contribution in [3.05, 3.63) is 40.9 Å². The minimum atomic E-state index is -1.03. The molecule has 0 spiro atoms. The first kappa shape index (κ1) is 17.6. The normalized spacial score (nSPS) is 24.7. The summed E-state index contributed by atoms with van der Waals surface area (Å²) in [6.07, 6.45) is 3.29. The lowest BCUT2D eigenvalue weighted by molar-refractivity contribution is -0.148. The second kappa shape index (κ2) is 6.41. The summed E-state index contributed by atoms with van der Waals surface area (Å²) in [7, 11) is 0. The van der Waals surface area contributed by atoms with Crippen molar-refractivity contribution in [2.45, 2.75) is 31.8 Å². The van der Waals surface area contributed by atoms with Gasteiger partial charge in [0.25, 0.3) is 0 Å². The molecule has 1 aromatic carbocycles. The Labute approximate surface area is 158 Å². The Morgan fingerprint density at radius 2 is 2.19 bits per heavy atom. The maximum Gasteiger partial charge on any atom is 0.326 e. The number of hydrogen-bond acceptors (Lipinski definition) is 5. The quantitative estimate of drug-likeness (QED) is 0.857. The summed E-state index contributed by atoms with van der Waals surface area (Å²) in [4.78, 5) is 25.6. The van der Waals surface area contributed by atoms with Crippen molar-refractivity contribution < 1.29 is 19.1 Å². The molecule has 27 heavy (non-hydrogen) atoms. The van der Waals surface area contributed by atoms with Crippen LogP contribution in [0.5, 0.6) is 0 Å². The first-order chi connectivity index (χ1) is 12.9. The molecule has 2 aromatic rings. The van der Waals surface area contributed by atoms with Gasteiger partial charge in [-0.25, -0.2) is 9.18 Å².